The summed E-state index contributed by atoms with van der Waals surface area (Å²) in [6, 6.07) is 8.21. The molecule has 0 aliphatic carbocycles. The molecule has 0 aromatic heterocycles. The lowest BCUT2D eigenvalue weighted by Gasteiger charge is -2.37. The van der Waals surface area contributed by atoms with E-state index in [1.54, 1.807) is 13.8 Å². The second-order valence-electron chi connectivity index (χ2n) is 5.35. The second-order valence-corrected chi connectivity index (χ2v) is 5.35. The van der Waals surface area contributed by atoms with Crippen LogP contribution in [0.2, 0.25) is 0 Å². The standard InChI is InChI=1S/C14H22O2/c1-11-7-6-8-12(9-11)10-16-14(4,5)13(2,3)15/h6-9,15H,10H2,1-5H3. The minimum atomic E-state index is -0.850. The molecule has 2 nitrogen and oxygen atoms in total. The molecule has 0 heterocycles. The summed E-state index contributed by atoms with van der Waals surface area (Å²) in [6.45, 7) is 9.93. The molecule has 0 bridgehead atoms. The van der Waals surface area contributed by atoms with Gasteiger partial charge in [0.25, 0.3) is 0 Å². The van der Waals surface area contributed by atoms with E-state index in [4.69, 9.17) is 4.74 Å². The van der Waals surface area contributed by atoms with Gasteiger partial charge >= 0.3 is 0 Å². The molecular weight excluding hydrogens is 200 g/mol. The first-order valence-electron chi connectivity index (χ1n) is 5.64. The number of rotatable bonds is 4. The number of hydrogen-bond donors (Lipinski definition) is 1. The van der Waals surface area contributed by atoms with Gasteiger partial charge < -0.3 is 9.84 Å². The van der Waals surface area contributed by atoms with Crippen molar-refractivity contribution in [2.24, 2.45) is 0 Å². The molecule has 0 amide bonds. The Kier molecular flexibility index (Phi) is 3.76. The fourth-order valence-corrected chi connectivity index (χ4v) is 1.24. The average molecular weight is 222 g/mol. The predicted molar refractivity (Wildman–Crippen MR) is 66.3 cm³/mol. The summed E-state index contributed by atoms with van der Waals surface area (Å²) in [5.41, 5.74) is 0.951. The van der Waals surface area contributed by atoms with E-state index >= 15 is 0 Å². The van der Waals surface area contributed by atoms with Crippen molar-refractivity contribution >= 4 is 0 Å². The molecule has 0 fully saturated rings. The van der Waals surface area contributed by atoms with Crippen molar-refractivity contribution in [1.29, 1.82) is 0 Å². The third-order valence-corrected chi connectivity index (χ3v) is 3.16. The van der Waals surface area contributed by atoms with Gasteiger partial charge in [0, 0.05) is 0 Å². The average Bonchev–Trinajstić information content (AvgIpc) is 2.13. The highest BCUT2D eigenvalue weighted by molar-refractivity contribution is 5.21. The van der Waals surface area contributed by atoms with Gasteiger partial charge in [-0.15, -0.1) is 0 Å². The van der Waals surface area contributed by atoms with Gasteiger partial charge in [-0.25, -0.2) is 0 Å². The molecule has 1 aromatic carbocycles. The van der Waals surface area contributed by atoms with E-state index in [0.29, 0.717) is 6.61 Å². The Labute approximate surface area is 98.3 Å². The summed E-state index contributed by atoms with van der Waals surface area (Å²) >= 11 is 0. The van der Waals surface area contributed by atoms with Crippen LogP contribution < -0.4 is 0 Å². The fraction of sp³-hybridized carbons (Fsp3) is 0.571. The van der Waals surface area contributed by atoms with E-state index in [9.17, 15) is 5.11 Å². The van der Waals surface area contributed by atoms with E-state index in [1.807, 2.05) is 26.0 Å². The molecular formula is C14H22O2. The van der Waals surface area contributed by atoms with Crippen molar-refractivity contribution in [2.45, 2.75) is 52.4 Å². The van der Waals surface area contributed by atoms with Crippen LogP contribution in [0.15, 0.2) is 24.3 Å². The highest BCUT2D eigenvalue weighted by Gasteiger charge is 2.35. The van der Waals surface area contributed by atoms with Gasteiger partial charge in [0.2, 0.25) is 0 Å². The normalized spacial score (nSPS) is 12.9. The predicted octanol–water partition coefficient (Wildman–Crippen LogP) is 3.06. The van der Waals surface area contributed by atoms with Crippen molar-refractivity contribution in [3.8, 4) is 0 Å². The molecule has 0 radical (unpaired) electrons. The van der Waals surface area contributed by atoms with E-state index in [-0.39, 0.29) is 0 Å². The minimum absolute atomic E-state index is 0.526. The maximum atomic E-state index is 9.95. The van der Waals surface area contributed by atoms with Crippen LogP contribution >= 0.6 is 0 Å². The zero-order chi connectivity index (χ0) is 12.4. The highest BCUT2D eigenvalue weighted by atomic mass is 16.5. The summed E-state index contributed by atoms with van der Waals surface area (Å²) < 4.78 is 5.78. The number of benzene rings is 1. The van der Waals surface area contributed by atoms with E-state index < -0.39 is 11.2 Å². The molecule has 16 heavy (non-hydrogen) atoms. The van der Waals surface area contributed by atoms with Crippen LogP contribution in [0.1, 0.15) is 38.8 Å². The maximum absolute atomic E-state index is 9.95. The van der Waals surface area contributed by atoms with Crippen molar-refractivity contribution in [3.05, 3.63) is 35.4 Å². The zero-order valence-electron chi connectivity index (χ0n) is 10.9. The SMILES string of the molecule is Cc1cccc(COC(C)(C)C(C)(C)O)c1. The Balaban J connectivity index is 2.65. The van der Waals surface area contributed by atoms with Crippen LogP contribution in [0.25, 0.3) is 0 Å². The molecule has 1 rings (SSSR count). The molecule has 0 atom stereocenters. The second kappa shape index (κ2) is 4.56. The van der Waals surface area contributed by atoms with E-state index in [1.165, 1.54) is 5.56 Å². The van der Waals surface area contributed by atoms with Gasteiger partial charge in [-0.05, 0) is 40.2 Å². The third-order valence-electron chi connectivity index (χ3n) is 3.16. The molecule has 0 unspecified atom stereocenters. The minimum Gasteiger partial charge on any atom is -0.387 e. The molecule has 1 aromatic rings. The van der Waals surface area contributed by atoms with Gasteiger partial charge in [0.15, 0.2) is 0 Å². The van der Waals surface area contributed by atoms with Crippen LogP contribution in [-0.4, -0.2) is 16.3 Å². The Hall–Kier alpha value is -0.860. The lowest BCUT2D eigenvalue weighted by molar-refractivity contribution is -0.153. The highest BCUT2D eigenvalue weighted by Crippen LogP contribution is 2.26. The molecule has 0 aliphatic heterocycles. The van der Waals surface area contributed by atoms with Gasteiger partial charge in [-0.3, -0.25) is 0 Å². The molecule has 2 heteroatoms. The Morgan fingerprint density at radius 1 is 1.19 bits per heavy atom. The van der Waals surface area contributed by atoms with Crippen LogP contribution in [0.3, 0.4) is 0 Å². The van der Waals surface area contributed by atoms with Gasteiger partial charge in [0.05, 0.1) is 17.8 Å². The number of aliphatic hydroxyl groups is 1. The quantitative estimate of drug-likeness (QED) is 0.848. The monoisotopic (exact) mass is 222 g/mol. The molecule has 0 saturated heterocycles. The molecule has 0 aliphatic rings. The van der Waals surface area contributed by atoms with Gasteiger partial charge in [-0.2, -0.15) is 0 Å². The Morgan fingerprint density at radius 3 is 2.31 bits per heavy atom. The van der Waals surface area contributed by atoms with Crippen molar-refractivity contribution < 1.29 is 9.84 Å². The first-order chi connectivity index (χ1) is 7.22. The van der Waals surface area contributed by atoms with Crippen LogP contribution in [0.5, 0.6) is 0 Å². The smallest absolute Gasteiger partial charge is 0.0911 e. The number of aryl methyl sites for hydroxylation is 1. The van der Waals surface area contributed by atoms with E-state index in [0.717, 1.165) is 5.56 Å². The van der Waals surface area contributed by atoms with Gasteiger partial charge in [0.1, 0.15) is 0 Å². The summed E-state index contributed by atoms with van der Waals surface area (Å²) in [5.74, 6) is 0. The van der Waals surface area contributed by atoms with Crippen molar-refractivity contribution in [3.63, 3.8) is 0 Å². The van der Waals surface area contributed by atoms with Crippen LogP contribution in [-0.2, 0) is 11.3 Å². The van der Waals surface area contributed by atoms with Crippen LogP contribution in [0.4, 0.5) is 0 Å². The lowest BCUT2D eigenvalue weighted by Crippen LogP contribution is -2.47. The Morgan fingerprint density at radius 2 is 1.81 bits per heavy atom. The van der Waals surface area contributed by atoms with Crippen LogP contribution in [0, 0.1) is 6.92 Å². The largest absolute Gasteiger partial charge is 0.387 e. The van der Waals surface area contributed by atoms with E-state index in [2.05, 4.69) is 19.1 Å². The molecule has 0 saturated carbocycles. The van der Waals surface area contributed by atoms with Gasteiger partial charge in [-0.1, -0.05) is 29.8 Å². The molecule has 1 N–H and O–H groups in total. The first-order valence-corrected chi connectivity index (χ1v) is 5.64. The summed E-state index contributed by atoms with van der Waals surface area (Å²) in [4.78, 5) is 0. The fourth-order valence-electron chi connectivity index (χ4n) is 1.24. The summed E-state index contributed by atoms with van der Waals surface area (Å²) in [7, 11) is 0. The summed E-state index contributed by atoms with van der Waals surface area (Å²) in [6.07, 6.45) is 0. The first kappa shape index (κ1) is 13.2. The zero-order valence-corrected chi connectivity index (χ0v) is 10.9. The molecule has 0 spiro atoms. The molecule has 90 valence electrons. The third kappa shape index (κ3) is 3.32. The number of ether oxygens (including phenoxy) is 1. The topological polar surface area (TPSA) is 29.5 Å². The van der Waals surface area contributed by atoms with Crippen molar-refractivity contribution in [2.75, 3.05) is 0 Å². The number of hydrogen-bond acceptors (Lipinski definition) is 2. The summed E-state index contributed by atoms with van der Waals surface area (Å²) in [5, 5.41) is 9.95. The lowest BCUT2D eigenvalue weighted by atomic mass is 9.89. The maximum Gasteiger partial charge on any atom is 0.0911 e. The van der Waals surface area contributed by atoms with Crippen molar-refractivity contribution in [1.82, 2.24) is 0 Å². The Bertz CT molecular complexity index is 348.